The van der Waals surface area contributed by atoms with Crippen LogP contribution in [-0.2, 0) is 16.0 Å². The van der Waals surface area contributed by atoms with Gasteiger partial charge in [-0.3, -0.25) is 4.79 Å². The number of aromatic amines is 1. The van der Waals surface area contributed by atoms with Gasteiger partial charge in [-0.15, -0.1) is 0 Å². The normalized spacial score (nSPS) is 12.3. The van der Waals surface area contributed by atoms with Gasteiger partial charge >= 0.3 is 5.97 Å². The van der Waals surface area contributed by atoms with E-state index in [4.69, 9.17) is 10.8 Å². The highest BCUT2D eigenvalue weighted by atomic mass is 32.2. The minimum absolute atomic E-state index is 0.198. The van der Waals surface area contributed by atoms with E-state index >= 15 is 0 Å². The Labute approximate surface area is 90.3 Å². The molecule has 1 atom stereocenters. The third kappa shape index (κ3) is 3.72. The molecule has 0 aliphatic heterocycles. The Morgan fingerprint density at radius 2 is 2.53 bits per heavy atom. The zero-order valence-corrected chi connectivity index (χ0v) is 8.66. The number of imidazole rings is 1. The minimum atomic E-state index is -1.05. The first-order chi connectivity index (χ1) is 7.13. The average Bonchev–Trinajstić information content (AvgIpc) is 2.62. The summed E-state index contributed by atoms with van der Waals surface area (Å²) < 4.78 is 0. The lowest BCUT2D eigenvalue weighted by Gasteiger charge is -2.02. The first-order valence-corrected chi connectivity index (χ1v) is 5.20. The fourth-order valence-electron chi connectivity index (χ4n) is 0.953. The molecule has 0 bridgehead atoms. The number of H-pyrrole nitrogens is 1. The van der Waals surface area contributed by atoms with Crippen LogP contribution in [0.25, 0.3) is 0 Å². The van der Waals surface area contributed by atoms with Crippen molar-refractivity contribution in [3.63, 3.8) is 0 Å². The molecular formula is C8H11N3O3S. The van der Waals surface area contributed by atoms with Crippen molar-refractivity contribution in [2.24, 2.45) is 5.73 Å². The Bertz CT molecular complexity index is 353. The van der Waals surface area contributed by atoms with E-state index in [1.807, 2.05) is 0 Å². The molecule has 0 aromatic carbocycles. The van der Waals surface area contributed by atoms with E-state index in [1.54, 1.807) is 0 Å². The number of carboxylic acid groups (broad SMARTS) is 1. The maximum atomic E-state index is 10.5. The Balaban J connectivity index is 2.52. The van der Waals surface area contributed by atoms with Crippen LogP contribution in [-0.4, -0.2) is 39.1 Å². The summed E-state index contributed by atoms with van der Waals surface area (Å²) in [6.45, 7) is 0. The van der Waals surface area contributed by atoms with E-state index in [2.05, 4.69) is 9.97 Å². The molecule has 1 aromatic rings. The van der Waals surface area contributed by atoms with E-state index in [9.17, 15) is 9.59 Å². The average molecular weight is 229 g/mol. The zero-order valence-electron chi connectivity index (χ0n) is 7.84. The Morgan fingerprint density at radius 1 is 1.80 bits per heavy atom. The van der Waals surface area contributed by atoms with E-state index in [-0.39, 0.29) is 6.42 Å². The van der Waals surface area contributed by atoms with Gasteiger partial charge in [0.2, 0.25) is 0 Å². The lowest BCUT2D eigenvalue weighted by Crippen LogP contribution is -2.32. The molecule has 0 saturated carbocycles. The zero-order chi connectivity index (χ0) is 11.3. The van der Waals surface area contributed by atoms with Crippen LogP contribution in [0, 0.1) is 0 Å². The van der Waals surface area contributed by atoms with Crippen LogP contribution in [0.2, 0.25) is 0 Å². The third-order valence-electron chi connectivity index (χ3n) is 1.65. The number of carboxylic acids is 1. The molecule has 0 aliphatic carbocycles. The number of carbonyl (C=O) groups is 2. The summed E-state index contributed by atoms with van der Waals surface area (Å²) >= 11 is 1.25. The largest absolute Gasteiger partial charge is 0.480 e. The molecule has 15 heavy (non-hydrogen) atoms. The Kier molecular flexibility index (Phi) is 4.32. The summed E-state index contributed by atoms with van der Waals surface area (Å²) in [7, 11) is 0. The highest BCUT2D eigenvalue weighted by molar-refractivity contribution is 7.99. The number of hydrogen-bond donors (Lipinski definition) is 3. The van der Waals surface area contributed by atoms with E-state index in [0.717, 1.165) is 6.29 Å². The molecule has 0 spiro atoms. The Hall–Kier alpha value is -1.34. The lowest BCUT2D eigenvalue weighted by molar-refractivity contribution is -0.138. The van der Waals surface area contributed by atoms with Crippen molar-refractivity contribution in [3.05, 3.63) is 11.9 Å². The van der Waals surface area contributed by atoms with Gasteiger partial charge in [-0.2, -0.15) is 0 Å². The molecule has 1 rings (SSSR count). The molecule has 0 amide bonds. The van der Waals surface area contributed by atoms with E-state index in [1.165, 1.54) is 18.0 Å². The molecule has 1 heterocycles. The molecule has 0 radical (unpaired) electrons. The van der Waals surface area contributed by atoms with Crippen molar-refractivity contribution in [3.8, 4) is 0 Å². The van der Waals surface area contributed by atoms with Crippen LogP contribution in [0.5, 0.6) is 0 Å². The number of carbonyl (C=O) groups excluding carboxylic acids is 1. The van der Waals surface area contributed by atoms with Gasteiger partial charge in [-0.25, -0.2) is 4.98 Å². The van der Waals surface area contributed by atoms with Crippen molar-refractivity contribution >= 4 is 24.0 Å². The molecule has 6 nitrogen and oxygen atoms in total. The molecule has 0 fully saturated rings. The fraction of sp³-hybridized carbons (Fsp3) is 0.375. The van der Waals surface area contributed by atoms with Crippen molar-refractivity contribution in [2.75, 3.05) is 5.75 Å². The van der Waals surface area contributed by atoms with E-state index < -0.39 is 12.0 Å². The monoisotopic (exact) mass is 229 g/mol. The van der Waals surface area contributed by atoms with Crippen LogP contribution in [0.4, 0.5) is 0 Å². The number of nitrogens with one attached hydrogen (secondary N) is 1. The standard InChI is InChI=1S/C8H11N3O3S/c9-6(7(13)14)3-5-4-10-8(11-5)15-2-1-12/h1,4,6H,2-3,9H2,(H,10,11)(H,13,14). The molecular weight excluding hydrogens is 218 g/mol. The highest BCUT2D eigenvalue weighted by Gasteiger charge is 2.13. The van der Waals surface area contributed by atoms with Crippen LogP contribution in [0.15, 0.2) is 11.4 Å². The second kappa shape index (κ2) is 5.52. The summed E-state index contributed by atoms with van der Waals surface area (Å²) in [5, 5.41) is 9.17. The number of rotatable bonds is 6. The van der Waals surface area contributed by atoms with Crippen LogP contribution in [0.1, 0.15) is 5.69 Å². The molecule has 82 valence electrons. The maximum Gasteiger partial charge on any atom is 0.320 e. The molecule has 1 aromatic heterocycles. The summed E-state index contributed by atoms with van der Waals surface area (Å²) in [6.07, 6.45) is 2.50. The Morgan fingerprint density at radius 3 is 3.13 bits per heavy atom. The fourth-order valence-corrected chi connectivity index (χ4v) is 1.51. The summed E-state index contributed by atoms with van der Waals surface area (Å²) in [6, 6.07) is -0.936. The van der Waals surface area contributed by atoms with Gasteiger partial charge in [0.15, 0.2) is 5.16 Å². The van der Waals surface area contributed by atoms with Crippen molar-refractivity contribution in [1.29, 1.82) is 0 Å². The predicted octanol–water partition coefficient (Wildman–Crippen LogP) is -0.345. The molecule has 1 unspecified atom stereocenters. The van der Waals surface area contributed by atoms with Crippen molar-refractivity contribution in [1.82, 2.24) is 9.97 Å². The lowest BCUT2D eigenvalue weighted by atomic mass is 10.2. The summed E-state index contributed by atoms with van der Waals surface area (Å²) in [4.78, 5) is 27.4. The number of thioether (sulfide) groups is 1. The number of nitrogens with two attached hydrogens (primary N) is 1. The number of nitrogens with zero attached hydrogens (tertiary/aromatic N) is 1. The number of hydrogen-bond acceptors (Lipinski definition) is 5. The number of aliphatic carboxylic acids is 1. The first kappa shape index (κ1) is 11.7. The van der Waals surface area contributed by atoms with Gasteiger partial charge in [0.05, 0.1) is 5.75 Å². The second-order valence-electron chi connectivity index (χ2n) is 2.84. The predicted molar refractivity (Wildman–Crippen MR) is 54.7 cm³/mol. The van der Waals surface area contributed by atoms with Crippen LogP contribution in [0.3, 0.4) is 0 Å². The molecule has 7 heteroatoms. The number of aromatic nitrogens is 2. The minimum Gasteiger partial charge on any atom is -0.480 e. The van der Waals surface area contributed by atoms with Gasteiger partial charge in [0, 0.05) is 18.3 Å². The SMILES string of the molecule is NC(Cc1cnc(SCC=O)[nH]1)C(=O)O. The van der Waals surface area contributed by atoms with Gasteiger partial charge in [0.1, 0.15) is 12.3 Å². The number of aldehydes is 1. The van der Waals surface area contributed by atoms with Gasteiger partial charge < -0.3 is 20.6 Å². The first-order valence-electron chi connectivity index (χ1n) is 4.22. The quantitative estimate of drug-likeness (QED) is 0.454. The summed E-state index contributed by atoms with van der Waals surface area (Å²) in [5.74, 6) is -0.732. The smallest absolute Gasteiger partial charge is 0.320 e. The van der Waals surface area contributed by atoms with Gasteiger partial charge in [-0.05, 0) is 0 Å². The van der Waals surface area contributed by atoms with Gasteiger partial charge in [0.25, 0.3) is 0 Å². The van der Waals surface area contributed by atoms with Gasteiger partial charge in [-0.1, -0.05) is 11.8 Å². The topological polar surface area (TPSA) is 109 Å². The van der Waals surface area contributed by atoms with Crippen molar-refractivity contribution in [2.45, 2.75) is 17.6 Å². The molecule has 0 saturated heterocycles. The second-order valence-corrected chi connectivity index (χ2v) is 3.85. The van der Waals surface area contributed by atoms with Crippen LogP contribution < -0.4 is 5.73 Å². The maximum absolute atomic E-state index is 10.5. The third-order valence-corrected chi connectivity index (χ3v) is 2.43. The highest BCUT2D eigenvalue weighted by Crippen LogP contribution is 2.12. The van der Waals surface area contributed by atoms with E-state index in [0.29, 0.717) is 16.6 Å². The summed E-state index contributed by atoms with van der Waals surface area (Å²) in [5.41, 5.74) is 6.00. The molecule has 4 N–H and O–H groups in total. The van der Waals surface area contributed by atoms with Crippen LogP contribution >= 0.6 is 11.8 Å². The molecule has 0 aliphatic rings. The van der Waals surface area contributed by atoms with Crippen molar-refractivity contribution < 1.29 is 14.7 Å².